The second kappa shape index (κ2) is 4.86. The summed E-state index contributed by atoms with van der Waals surface area (Å²) in [5, 5.41) is 0. The van der Waals surface area contributed by atoms with Gasteiger partial charge in [-0.1, -0.05) is 0 Å². The predicted octanol–water partition coefficient (Wildman–Crippen LogP) is 0.764. The Labute approximate surface area is 111 Å². The van der Waals surface area contributed by atoms with Gasteiger partial charge in [-0.3, -0.25) is 4.79 Å². The molecule has 0 unspecified atom stereocenters. The Balaban J connectivity index is 1.64. The molecular weight excluding hydrogens is 246 g/mol. The van der Waals surface area contributed by atoms with Gasteiger partial charge in [0, 0.05) is 38.3 Å². The maximum absolute atomic E-state index is 12.3. The van der Waals surface area contributed by atoms with Gasteiger partial charge in [-0.2, -0.15) is 0 Å². The third-order valence-electron chi connectivity index (χ3n) is 3.65. The van der Waals surface area contributed by atoms with Gasteiger partial charge in [-0.25, -0.2) is 9.97 Å². The maximum atomic E-state index is 12.3. The number of rotatable bonds is 1. The van der Waals surface area contributed by atoms with E-state index in [1.807, 2.05) is 4.90 Å². The molecule has 1 spiro atoms. The number of carbonyl (C=O) groups excluding carboxylic acids is 1. The van der Waals surface area contributed by atoms with Gasteiger partial charge in [0.2, 0.25) is 0 Å². The van der Waals surface area contributed by atoms with Crippen LogP contribution in [0.3, 0.4) is 0 Å². The van der Waals surface area contributed by atoms with Crippen molar-refractivity contribution < 1.29 is 14.3 Å². The molecule has 6 nitrogen and oxygen atoms in total. The lowest BCUT2D eigenvalue weighted by Crippen LogP contribution is -2.47. The molecule has 0 saturated carbocycles. The van der Waals surface area contributed by atoms with Crippen molar-refractivity contribution in [1.82, 2.24) is 14.9 Å². The van der Waals surface area contributed by atoms with Crippen molar-refractivity contribution in [3.8, 4) is 0 Å². The van der Waals surface area contributed by atoms with Crippen LogP contribution in [0.5, 0.6) is 0 Å². The van der Waals surface area contributed by atoms with Crippen LogP contribution < -0.4 is 0 Å². The second-order valence-electron chi connectivity index (χ2n) is 4.92. The number of amides is 1. The molecule has 3 rings (SSSR count). The summed E-state index contributed by atoms with van der Waals surface area (Å²) in [6, 6.07) is 0. The average molecular weight is 263 g/mol. The molecule has 1 aromatic heterocycles. The fourth-order valence-corrected chi connectivity index (χ4v) is 2.52. The van der Waals surface area contributed by atoms with Gasteiger partial charge in [-0.15, -0.1) is 0 Å². The molecule has 1 aromatic rings. The zero-order chi connectivity index (χ0) is 13.3. The molecule has 3 heterocycles. The van der Waals surface area contributed by atoms with E-state index >= 15 is 0 Å². The standard InChI is InChI=1S/C13H17N3O3/c1-10-14-8-11(9-15-10)12(17)16-4-2-13(3-5-16)18-6-7-19-13/h8-9H,2-7H2,1H3. The summed E-state index contributed by atoms with van der Waals surface area (Å²) < 4.78 is 11.3. The maximum Gasteiger partial charge on any atom is 0.256 e. The van der Waals surface area contributed by atoms with Crippen LogP contribution in [0.2, 0.25) is 0 Å². The number of hydrogen-bond acceptors (Lipinski definition) is 5. The summed E-state index contributed by atoms with van der Waals surface area (Å²) in [7, 11) is 0. The molecule has 0 bridgehead atoms. The number of carbonyl (C=O) groups is 1. The van der Waals surface area contributed by atoms with Gasteiger partial charge in [0.1, 0.15) is 5.82 Å². The first-order valence-corrected chi connectivity index (χ1v) is 6.54. The van der Waals surface area contributed by atoms with Gasteiger partial charge >= 0.3 is 0 Å². The van der Waals surface area contributed by atoms with Crippen LogP contribution in [-0.4, -0.2) is 52.9 Å². The third kappa shape index (κ3) is 2.46. The number of ether oxygens (including phenoxy) is 2. The molecular formula is C13H17N3O3. The fraction of sp³-hybridized carbons (Fsp3) is 0.615. The van der Waals surface area contributed by atoms with Crippen LogP contribution >= 0.6 is 0 Å². The normalized spacial score (nSPS) is 21.8. The first-order valence-electron chi connectivity index (χ1n) is 6.54. The van der Waals surface area contributed by atoms with Crippen LogP contribution in [0.25, 0.3) is 0 Å². The molecule has 2 aliphatic heterocycles. The van der Waals surface area contributed by atoms with Crippen molar-refractivity contribution in [3.63, 3.8) is 0 Å². The number of piperidine rings is 1. The van der Waals surface area contributed by atoms with Crippen molar-refractivity contribution >= 4 is 5.91 Å². The van der Waals surface area contributed by atoms with E-state index in [4.69, 9.17) is 9.47 Å². The number of nitrogens with zero attached hydrogens (tertiary/aromatic N) is 3. The number of hydrogen-bond donors (Lipinski definition) is 0. The monoisotopic (exact) mass is 263 g/mol. The lowest BCUT2D eigenvalue weighted by molar-refractivity contribution is -0.181. The molecule has 6 heteroatoms. The minimum atomic E-state index is -0.444. The second-order valence-corrected chi connectivity index (χ2v) is 4.92. The minimum absolute atomic E-state index is 0.0205. The SMILES string of the molecule is Cc1ncc(C(=O)N2CCC3(CC2)OCCO3)cn1. The Bertz CT molecular complexity index is 459. The number of aryl methyl sites for hydroxylation is 1. The average Bonchev–Trinajstić information content (AvgIpc) is 2.88. The van der Waals surface area contributed by atoms with E-state index in [1.54, 1.807) is 19.3 Å². The molecule has 0 aliphatic carbocycles. The summed E-state index contributed by atoms with van der Waals surface area (Å²) in [6.07, 6.45) is 4.62. The van der Waals surface area contributed by atoms with E-state index < -0.39 is 5.79 Å². The van der Waals surface area contributed by atoms with E-state index in [1.165, 1.54) is 0 Å². The molecule has 2 saturated heterocycles. The highest BCUT2D eigenvalue weighted by atomic mass is 16.7. The Morgan fingerprint density at radius 1 is 1.21 bits per heavy atom. The van der Waals surface area contributed by atoms with Gasteiger partial charge in [-0.05, 0) is 6.92 Å². The predicted molar refractivity (Wildman–Crippen MR) is 66.5 cm³/mol. The van der Waals surface area contributed by atoms with Crippen molar-refractivity contribution in [1.29, 1.82) is 0 Å². The van der Waals surface area contributed by atoms with E-state index in [-0.39, 0.29) is 5.91 Å². The Hall–Kier alpha value is -1.53. The number of likely N-dealkylation sites (tertiary alicyclic amines) is 1. The molecule has 0 aromatic carbocycles. The van der Waals surface area contributed by atoms with E-state index in [9.17, 15) is 4.79 Å². The fourth-order valence-electron chi connectivity index (χ4n) is 2.52. The van der Waals surface area contributed by atoms with E-state index in [0.717, 1.165) is 12.8 Å². The van der Waals surface area contributed by atoms with Gasteiger partial charge in [0.15, 0.2) is 5.79 Å². The van der Waals surface area contributed by atoms with Crippen molar-refractivity contribution in [2.24, 2.45) is 0 Å². The summed E-state index contributed by atoms with van der Waals surface area (Å²) in [5.74, 6) is 0.204. The Morgan fingerprint density at radius 2 is 1.79 bits per heavy atom. The van der Waals surface area contributed by atoms with Gasteiger partial charge in [0.25, 0.3) is 5.91 Å². The highest BCUT2D eigenvalue weighted by Crippen LogP contribution is 2.31. The van der Waals surface area contributed by atoms with E-state index in [0.29, 0.717) is 37.7 Å². The number of aromatic nitrogens is 2. The highest BCUT2D eigenvalue weighted by molar-refractivity contribution is 5.93. The highest BCUT2D eigenvalue weighted by Gasteiger charge is 2.40. The molecule has 2 fully saturated rings. The van der Waals surface area contributed by atoms with Gasteiger partial charge < -0.3 is 14.4 Å². The molecule has 2 aliphatic rings. The topological polar surface area (TPSA) is 64.6 Å². The first-order chi connectivity index (χ1) is 9.19. The summed E-state index contributed by atoms with van der Waals surface area (Å²) in [4.78, 5) is 22.2. The molecule has 0 radical (unpaired) electrons. The van der Waals surface area contributed by atoms with Gasteiger partial charge in [0.05, 0.1) is 18.8 Å². The van der Waals surface area contributed by atoms with Crippen LogP contribution in [0.15, 0.2) is 12.4 Å². The largest absolute Gasteiger partial charge is 0.347 e. The summed E-state index contributed by atoms with van der Waals surface area (Å²) in [6.45, 7) is 4.40. The van der Waals surface area contributed by atoms with Crippen molar-refractivity contribution in [3.05, 3.63) is 23.8 Å². The van der Waals surface area contributed by atoms with Crippen molar-refractivity contribution in [2.45, 2.75) is 25.6 Å². The van der Waals surface area contributed by atoms with Crippen LogP contribution in [0, 0.1) is 6.92 Å². The Morgan fingerprint density at radius 3 is 2.37 bits per heavy atom. The Kier molecular flexibility index (Phi) is 3.20. The molecule has 0 N–H and O–H groups in total. The zero-order valence-corrected chi connectivity index (χ0v) is 11.0. The lowest BCUT2D eigenvalue weighted by atomic mass is 10.0. The van der Waals surface area contributed by atoms with Crippen LogP contribution in [0.1, 0.15) is 29.0 Å². The lowest BCUT2D eigenvalue weighted by Gasteiger charge is -2.37. The molecule has 19 heavy (non-hydrogen) atoms. The van der Waals surface area contributed by atoms with Crippen LogP contribution in [-0.2, 0) is 9.47 Å². The molecule has 102 valence electrons. The van der Waals surface area contributed by atoms with Crippen LogP contribution in [0.4, 0.5) is 0 Å². The molecule has 0 atom stereocenters. The summed E-state index contributed by atoms with van der Waals surface area (Å²) >= 11 is 0. The zero-order valence-electron chi connectivity index (χ0n) is 11.0. The molecule has 1 amide bonds. The van der Waals surface area contributed by atoms with E-state index in [2.05, 4.69) is 9.97 Å². The summed E-state index contributed by atoms with van der Waals surface area (Å²) in [5.41, 5.74) is 0.537. The third-order valence-corrected chi connectivity index (χ3v) is 3.65. The quantitative estimate of drug-likeness (QED) is 0.748. The minimum Gasteiger partial charge on any atom is -0.347 e. The first kappa shape index (κ1) is 12.5. The van der Waals surface area contributed by atoms with Crippen molar-refractivity contribution in [2.75, 3.05) is 26.3 Å². The smallest absolute Gasteiger partial charge is 0.256 e.